The second kappa shape index (κ2) is 5.21. The Labute approximate surface area is 103 Å². The van der Waals surface area contributed by atoms with Crippen molar-refractivity contribution in [3.8, 4) is 0 Å². The summed E-state index contributed by atoms with van der Waals surface area (Å²) in [5.41, 5.74) is 1.94. The van der Waals surface area contributed by atoms with Crippen LogP contribution in [0.2, 0.25) is 0 Å². The zero-order valence-corrected chi connectivity index (χ0v) is 10.9. The molecule has 0 amide bonds. The lowest BCUT2D eigenvalue weighted by Gasteiger charge is -2.25. The summed E-state index contributed by atoms with van der Waals surface area (Å²) >= 11 is 0. The van der Waals surface area contributed by atoms with Gasteiger partial charge in [-0.1, -0.05) is 39.0 Å². The second-order valence-corrected chi connectivity index (χ2v) is 5.61. The van der Waals surface area contributed by atoms with Crippen LogP contribution in [0.3, 0.4) is 0 Å². The number of nitrogens with one attached hydrogen (secondary N) is 1. The summed E-state index contributed by atoms with van der Waals surface area (Å²) in [4.78, 5) is 11.2. The maximum atomic E-state index is 11.2. The van der Waals surface area contributed by atoms with Crippen molar-refractivity contribution in [2.45, 2.75) is 40.2 Å². The highest BCUT2D eigenvalue weighted by atomic mass is 16.4. The molecule has 0 fully saturated rings. The van der Waals surface area contributed by atoms with E-state index in [9.17, 15) is 9.90 Å². The van der Waals surface area contributed by atoms with E-state index < -0.39 is 12.0 Å². The third kappa shape index (κ3) is 4.47. The Morgan fingerprint density at radius 1 is 1.35 bits per heavy atom. The van der Waals surface area contributed by atoms with Crippen LogP contribution in [0.4, 0.5) is 5.69 Å². The van der Waals surface area contributed by atoms with Gasteiger partial charge in [-0.05, 0) is 30.4 Å². The second-order valence-electron chi connectivity index (χ2n) is 5.61. The van der Waals surface area contributed by atoms with Gasteiger partial charge in [-0.2, -0.15) is 0 Å². The van der Waals surface area contributed by atoms with Crippen molar-refractivity contribution in [1.82, 2.24) is 0 Å². The number of aliphatic carboxylic acids is 1. The minimum Gasteiger partial charge on any atom is -0.480 e. The first-order valence-electron chi connectivity index (χ1n) is 5.84. The minimum absolute atomic E-state index is 0.0151. The third-order valence-electron chi connectivity index (χ3n) is 2.59. The van der Waals surface area contributed by atoms with Gasteiger partial charge >= 0.3 is 5.97 Å². The van der Waals surface area contributed by atoms with Gasteiger partial charge in [0.25, 0.3) is 0 Å². The number of hydrogen-bond donors (Lipinski definition) is 2. The topological polar surface area (TPSA) is 49.3 Å². The van der Waals surface area contributed by atoms with Gasteiger partial charge in [0.05, 0.1) is 0 Å². The summed E-state index contributed by atoms with van der Waals surface area (Å²) in [6.07, 6.45) is 0.594. The molecule has 0 saturated carbocycles. The first-order chi connectivity index (χ1) is 7.79. The summed E-state index contributed by atoms with van der Waals surface area (Å²) in [6, 6.07) is 7.19. The van der Waals surface area contributed by atoms with Crippen LogP contribution in [0.15, 0.2) is 24.3 Å². The monoisotopic (exact) mass is 235 g/mol. The molecule has 1 aromatic rings. The van der Waals surface area contributed by atoms with E-state index >= 15 is 0 Å². The number of hydrogen-bond acceptors (Lipinski definition) is 2. The summed E-state index contributed by atoms with van der Waals surface area (Å²) in [5.74, 6) is -0.803. The first-order valence-corrected chi connectivity index (χ1v) is 5.84. The molecule has 1 unspecified atom stereocenters. The zero-order valence-electron chi connectivity index (χ0n) is 10.9. The number of aryl methyl sites for hydroxylation is 1. The number of benzene rings is 1. The van der Waals surface area contributed by atoms with Crippen molar-refractivity contribution in [2.24, 2.45) is 5.41 Å². The average Bonchev–Trinajstić information content (AvgIpc) is 2.18. The van der Waals surface area contributed by atoms with E-state index in [-0.39, 0.29) is 5.41 Å². The Hall–Kier alpha value is -1.51. The molecular formula is C14H21NO2. The lowest BCUT2D eigenvalue weighted by Crippen LogP contribution is -2.33. The predicted octanol–water partition coefficient (Wildman–Crippen LogP) is 3.30. The summed E-state index contributed by atoms with van der Waals surface area (Å²) in [5, 5.41) is 12.3. The van der Waals surface area contributed by atoms with Crippen molar-refractivity contribution in [1.29, 1.82) is 0 Å². The smallest absolute Gasteiger partial charge is 0.326 e. The molecule has 94 valence electrons. The Morgan fingerprint density at radius 3 is 2.41 bits per heavy atom. The fourth-order valence-corrected chi connectivity index (χ4v) is 1.74. The molecule has 3 nitrogen and oxygen atoms in total. The molecule has 0 saturated heterocycles. The Balaban J connectivity index is 2.81. The Morgan fingerprint density at radius 2 is 1.94 bits per heavy atom. The molecule has 0 heterocycles. The number of carboxylic acids is 1. The normalized spacial score (nSPS) is 13.2. The van der Waals surface area contributed by atoms with Crippen LogP contribution in [0.25, 0.3) is 0 Å². The number of para-hydroxylation sites is 1. The van der Waals surface area contributed by atoms with E-state index in [0.29, 0.717) is 6.42 Å². The highest BCUT2D eigenvalue weighted by Gasteiger charge is 2.24. The van der Waals surface area contributed by atoms with Crippen LogP contribution < -0.4 is 5.32 Å². The van der Waals surface area contributed by atoms with Crippen molar-refractivity contribution < 1.29 is 9.90 Å². The first kappa shape index (κ1) is 13.6. The van der Waals surface area contributed by atoms with Crippen molar-refractivity contribution in [2.75, 3.05) is 5.32 Å². The van der Waals surface area contributed by atoms with Gasteiger partial charge in [0, 0.05) is 5.69 Å². The summed E-state index contributed by atoms with van der Waals surface area (Å²) in [7, 11) is 0. The van der Waals surface area contributed by atoms with Crippen LogP contribution in [0, 0.1) is 12.3 Å². The van der Waals surface area contributed by atoms with E-state index in [2.05, 4.69) is 5.32 Å². The Bertz CT molecular complexity index is 393. The maximum Gasteiger partial charge on any atom is 0.326 e. The molecule has 0 bridgehead atoms. The predicted molar refractivity (Wildman–Crippen MR) is 70.3 cm³/mol. The lowest BCUT2D eigenvalue weighted by molar-refractivity contribution is -0.138. The lowest BCUT2D eigenvalue weighted by atomic mass is 9.88. The van der Waals surface area contributed by atoms with Crippen molar-refractivity contribution in [3.63, 3.8) is 0 Å². The molecule has 1 aromatic carbocycles. The molecule has 2 N–H and O–H groups in total. The zero-order chi connectivity index (χ0) is 13.1. The van der Waals surface area contributed by atoms with E-state index in [0.717, 1.165) is 11.3 Å². The van der Waals surface area contributed by atoms with E-state index in [1.807, 2.05) is 52.0 Å². The van der Waals surface area contributed by atoms with Gasteiger partial charge in [0.2, 0.25) is 0 Å². The van der Waals surface area contributed by atoms with Crippen molar-refractivity contribution >= 4 is 11.7 Å². The highest BCUT2D eigenvalue weighted by Crippen LogP contribution is 2.24. The molecule has 0 aliphatic heterocycles. The van der Waals surface area contributed by atoms with Crippen LogP contribution in [-0.4, -0.2) is 17.1 Å². The van der Waals surface area contributed by atoms with Gasteiger partial charge in [-0.3, -0.25) is 0 Å². The number of carboxylic acid groups (broad SMARTS) is 1. The third-order valence-corrected chi connectivity index (χ3v) is 2.59. The standard InChI is InChI=1S/C14H21NO2/c1-10-7-5-6-8-11(10)15-12(13(16)17)9-14(2,3)4/h5-8,12,15H,9H2,1-4H3,(H,16,17). The molecule has 0 radical (unpaired) electrons. The van der Waals surface area contributed by atoms with Crippen LogP contribution >= 0.6 is 0 Å². The van der Waals surface area contributed by atoms with Gasteiger partial charge in [-0.15, -0.1) is 0 Å². The van der Waals surface area contributed by atoms with Crippen LogP contribution in [-0.2, 0) is 4.79 Å². The molecule has 0 spiro atoms. The van der Waals surface area contributed by atoms with Gasteiger partial charge in [0.15, 0.2) is 0 Å². The van der Waals surface area contributed by atoms with Crippen LogP contribution in [0.5, 0.6) is 0 Å². The molecular weight excluding hydrogens is 214 g/mol. The maximum absolute atomic E-state index is 11.2. The largest absolute Gasteiger partial charge is 0.480 e. The molecule has 0 aromatic heterocycles. The summed E-state index contributed by atoms with van der Waals surface area (Å²) < 4.78 is 0. The fraction of sp³-hybridized carbons (Fsp3) is 0.500. The molecule has 1 rings (SSSR count). The fourth-order valence-electron chi connectivity index (χ4n) is 1.74. The summed E-state index contributed by atoms with van der Waals surface area (Å²) in [6.45, 7) is 8.10. The van der Waals surface area contributed by atoms with E-state index in [4.69, 9.17) is 0 Å². The number of rotatable bonds is 4. The van der Waals surface area contributed by atoms with Gasteiger partial charge in [-0.25, -0.2) is 4.79 Å². The number of anilines is 1. The van der Waals surface area contributed by atoms with Crippen LogP contribution in [0.1, 0.15) is 32.8 Å². The quantitative estimate of drug-likeness (QED) is 0.841. The molecule has 0 aliphatic rings. The molecule has 0 aliphatic carbocycles. The SMILES string of the molecule is Cc1ccccc1NC(CC(C)(C)C)C(=O)O. The average molecular weight is 235 g/mol. The van der Waals surface area contributed by atoms with Gasteiger partial charge in [0.1, 0.15) is 6.04 Å². The molecule has 1 atom stereocenters. The highest BCUT2D eigenvalue weighted by molar-refractivity contribution is 5.77. The van der Waals surface area contributed by atoms with E-state index in [1.165, 1.54) is 0 Å². The molecule has 17 heavy (non-hydrogen) atoms. The minimum atomic E-state index is -0.803. The van der Waals surface area contributed by atoms with Gasteiger partial charge < -0.3 is 10.4 Å². The number of carbonyl (C=O) groups is 1. The molecule has 3 heteroatoms. The Kier molecular flexibility index (Phi) is 4.16. The van der Waals surface area contributed by atoms with E-state index in [1.54, 1.807) is 0 Å². The van der Waals surface area contributed by atoms with Crippen molar-refractivity contribution in [3.05, 3.63) is 29.8 Å².